The van der Waals surface area contributed by atoms with Crippen LogP contribution in [-0.4, -0.2) is 24.2 Å². The third-order valence-corrected chi connectivity index (χ3v) is 0.421. The van der Waals surface area contributed by atoms with Crippen molar-refractivity contribution in [3.8, 4) is 0 Å². The third-order valence-electron chi connectivity index (χ3n) is 0.421. The average molecular weight is 104 g/mol. The van der Waals surface area contributed by atoms with Crippen LogP contribution in [0.5, 0.6) is 0 Å². The molecule has 3 heteroatoms. The minimum Gasteiger partial charge on any atom is -0.473 e. The lowest BCUT2D eigenvalue weighted by molar-refractivity contribution is 0.191. The predicted molar refractivity (Wildman–Crippen MR) is 27.8 cm³/mol. The van der Waals surface area contributed by atoms with Gasteiger partial charge in [-0.25, -0.2) is 0 Å². The molecular formula is C4H10NO2+. The molecule has 0 bridgehead atoms. The van der Waals surface area contributed by atoms with Gasteiger partial charge in [0.15, 0.2) is 19.1 Å². The van der Waals surface area contributed by atoms with Crippen LogP contribution in [0.4, 0.5) is 0 Å². The number of nitrogens with one attached hydrogen (secondary N) is 1. The monoisotopic (exact) mass is 104 g/mol. The maximum absolute atomic E-state index is 6.69. The van der Waals surface area contributed by atoms with Crippen molar-refractivity contribution in [3.05, 3.63) is 0 Å². The number of ether oxygens (including phenoxy) is 1. The number of hydrogen-bond acceptors (Lipinski definition) is 2. The van der Waals surface area contributed by atoms with Crippen molar-refractivity contribution in [2.75, 3.05) is 13.2 Å². The normalized spacial score (nSPS) is 8.29. The largest absolute Gasteiger partial charge is 0.473 e. The van der Waals surface area contributed by atoms with E-state index in [-0.39, 0.29) is 12.5 Å². The first kappa shape index (κ1) is 6.43. The van der Waals surface area contributed by atoms with Crippen LogP contribution in [0.1, 0.15) is 6.92 Å². The van der Waals surface area contributed by atoms with Crippen molar-refractivity contribution in [2.24, 2.45) is 0 Å². The zero-order chi connectivity index (χ0) is 5.70. The molecule has 0 atom stereocenters. The molecule has 3 N–H and O–H groups in total. The summed E-state index contributed by atoms with van der Waals surface area (Å²) in [5.74, 6) is 0.187. The highest BCUT2D eigenvalue weighted by Gasteiger charge is 1.84. The Labute approximate surface area is 42.4 Å². The van der Waals surface area contributed by atoms with Gasteiger partial charge < -0.3 is 9.84 Å². The fraction of sp³-hybridized carbons (Fsp3) is 0.750. The van der Waals surface area contributed by atoms with Gasteiger partial charge in [-0.1, -0.05) is 0 Å². The van der Waals surface area contributed by atoms with Crippen molar-refractivity contribution in [1.82, 2.24) is 0 Å². The molecule has 0 aliphatic heterocycles. The minimum atomic E-state index is 0.187. The summed E-state index contributed by atoms with van der Waals surface area (Å²) >= 11 is 0. The second-order valence-electron chi connectivity index (χ2n) is 1.15. The third kappa shape index (κ3) is 5.43. The first-order chi connectivity index (χ1) is 3.27. The summed E-state index contributed by atoms with van der Waals surface area (Å²) in [7, 11) is 0. The molecule has 0 heterocycles. The van der Waals surface area contributed by atoms with E-state index in [9.17, 15) is 0 Å². The smallest absolute Gasteiger partial charge is 0.178 e. The summed E-state index contributed by atoms with van der Waals surface area (Å²) in [4.78, 5) is 0. The molecule has 0 spiro atoms. The van der Waals surface area contributed by atoms with E-state index in [4.69, 9.17) is 10.5 Å². The summed E-state index contributed by atoms with van der Waals surface area (Å²) in [6.45, 7) is 2.13. The average Bonchev–Trinajstić information content (AvgIpc) is 1.61. The van der Waals surface area contributed by atoms with Gasteiger partial charge >= 0.3 is 0 Å². The van der Waals surface area contributed by atoms with Crippen LogP contribution in [0.3, 0.4) is 0 Å². The molecule has 0 unspecified atom stereocenters. The van der Waals surface area contributed by atoms with Gasteiger partial charge in [0, 0.05) is 6.92 Å². The molecule has 7 heavy (non-hydrogen) atoms. The summed E-state index contributed by atoms with van der Waals surface area (Å²) in [6.07, 6.45) is 0. The Hall–Kier alpha value is -0.570. The molecule has 0 saturated heterocycles. The van der Waals surface area contributed by atoms with Crippen LogP contribution >= 0.6 is 0 Å². The van der Waals surface area contributed by atoms with Gasteiger partial charge in [0.25, 0.3) is 0 Å². The predicted octanol–water partition coefficient (Wildman–Crippen LogP) is -0.275. The Morgan fingerprint density at radius 3 is 2.57 bits per heavy atom. The van der Waals surface area contributed by atoms with Crippen LogP contribution in [0, 0.1) is 5.41 Å². The van der Waals surface area contributed by atoms with E-state index in [1.165, 1.54) is 0 Å². The van der Waals surface area contributed by atoms with E-state index in [0.717, 1.165) is 0 Å². The van der Waals surface area contributed by atoms with Gasteiger partial charge in [0.1, 0.15) is 0 Å². The lowest BCUT2D eigenvalue weighted by Gasteiger charge is -1.94. The molecule has 42 valence electrons. The van der Waals surface area contributed by atoms with Crippen molar-refractivity contribution < 1.29 is 9.84 Å². The van der Waals surface area contributed by atoms with Gasteiger partial charge in [0.05, 0.1) is 0 Å². The van der Waals surface area contributed by atoms with Gasteiger partial charge in [-0.15, -0.1) is 0 Å². The van der Waals surface area contributed by atoms with E-state index < -0.39 is 0 Å². The van der Waals surface area contributed by atoms with Crippen molar-refractivity contribution in [1.29, 1.82) is 5.41 Å². The lowest BCUT2D eigenvalue weighted by atomic mass is 10.7. The first-order valence-corrected chi connectivity index (χ1v) is 2.10. The Morgan fingerprint density at radius 1 is 1.86 bits per heavy atom. The second kappa shape index (κ2) is 3.61. The molecule has 0 fully saturated rings. The Balaban J connectivity index is 2.82. The maximum Gasteiger partial charge on any atom is 0.178 e. The fourth-order valence-corrected chi connectivity index (χ4v) is 0.204. The molecule has 0 aromatic rings. The molecule has 0 aliphatic carbocycles. The minimum absolute atomic E-state index is 0.187. The van der Waals surface area contributed by atoms with E-state index in [0.29, 0.717) is 6.61 Å². The highest BCUT2D eigenvalue weighted by atomic mass is 16.5. The van der Waals surface area contributed by atoms with Crippen LogP contribution in [0.2, 0.25) is 0 Å². The topological polar surface area (TPSA) is 56.0 Å². The molecule has 0 aromatic carbocycles. The molecule has 0 aliphatic rings. The number of hydrogen-bond donors (Lipinski definition) is 1. The first-order valence-electron chi connectivity index (χ1n) is 2.10. The zero-order valence-corrected chi connectivity index (χ0v) is 4.32. The summed E-state index contributed by atoms with van der Waals surface area (Å²) in [5, 5.41) is 13.3. The quantitative estimate of drug-likeness (QED) is 0.292. The second-order valence-corrected chi connectivity index (χ2v) is 1.15. The van der Waals surface area contributed by atoms with Crippen LogP contribution in [0.25, 0.3) is 0 Å². The summed E-state index contributed by atoms with van der Waals surface area (Å²) in [6, 6.07) is 0. The fourth-order valence-electron chi connectivity index (χ4n) is 0.204. The lowest BCUT2D eigenvalue weighted by Crippen LogP contribution is -2.02. The summed E-state index contributed by atoms with van der Waals surface area (Å²) < 4.78 is 4.59. The van der Waals surface area contributed by atoms with Crippen molar-refractivity contribution in [3.63, 3.8) is 0 Å². The van der Waals surface area contributed by atoms with Crippen molar-refractivity contribution in [2.45, 2.75) is 6.92 Å². The van der Waals surface area contributed by atoms with E-state index >= 15 is 0 Å². The van der Waals surface area contributed by atoms with Crippen LogP contribution in [0.15, 0.2) is 0 Å². The zero-order valence-electron chi connectivity index (χ0n) is 4.32. The standard InChI is InChI=1S/C4H9NO2/c1-4(5)7-3-2-6/h5-6H,2-3H2,1H3/p+1. The van der Waals surface area contributed by atoms with Gasteiger partial charge in [-0.2, -0.15) is 0 Å². The Kier molecular flexibility index (Phi) is 3.32. The van der Waals surface area contributed by atoms with E-state index in [2.05, 4.69) is 4.74 Å². The van der Waals surface area contributed by atoms with E-state index in [1.807, 2.05) is 0 Å². The molecule has 0 amide bonds. The molecule has 3 nitrogen and oxygen atoms in total. The molecule has 0 aromatic heterocycles. The van der Waals surface area contributed by atoms with Gasteiger partial charge in [-0.3, -0.25) is 5.41 Å². The Morgan fingerprint density at radius 2 is 2.43 bits per heavy atom. The van der Waals surface area contributed by atoms with Crippen molar-refractivity contribution >= 4 is 5.90 Å². The highest BCUT2D eigenvalue weighted by Crippen LogP contribution is 1.72. The van der Waals surface area contributed by atoms with E-state index in [1.54, 1.807) is 6.92 Å². The van der Waals surface area contributed by atoms with Crippen LogP contribution in [-0.2, 0) is 4.74 Å². The maximum atomic E-state index is 6.69. The SMILES string of the molecule is CC(=N)OCC[OH2+]. The molecular weight excluding hydrogens is 94.0 g/mol. The van der Waals surface area contributed by atoms with Gasteiger partial charge in [-0.05, 0) is 0 Å². The molecule has 0 saturated carbocycles. The van der Waals surface area contributed by atoms with Crippen LogP contribution < -0.4 is 0 Å². The van der Waals surface area contributed by atoms with Gasteiger partial charge in [0.2, 0.25) is 0 Å². The number of rotatable bonds is 2. The Bertz CT molecular complexity index is 62.7. The molecule has 0 radical (unpaired) electrons. The summed E-state index contributed by atoms with van der Waals surface area (Å²) in [5.41, 5.74) is 0. The molecule has 0 rings (SSSR count). The highest BCUT2D eigenvalue weighted by molar-refractivity contribution is 5.69.